The minimum atomic E-state index is -4.67. The first-order valence-electron chi connectivity index (χ1n) is 1.59. The van der Waals surface area contributed by atoms with E-state index in [0.29, 0.717) is 0 Å². The third kappa shape index (κ3) is 2780. The molecule has 8 nitrogen and oxygen atoms in total. The van der Waals surface area contributed by atoms with Gasteiger partial charge in [-0.1, -0.05) is 0 Å². The van der Waals surface area contributed by atoms with E-state index in [1.165, 1.54) is 0 Å². The Morgan fingerprint density at radius 2 is 1.00 bits per heavy atom. The molecule has 0 saturated heterocycles. The van der Waals surface area contributed by atoms with Gasteiger partial charge in [0.25, 0.3) is 0 Å². The fourth-order valence-corrected chi connectivity index (χ4v) is 0. The van der Waals surface area contributed by atoms with Gasteiger partial charge >= 0.3 is 38.3 Å². The minimum absolute atomic E-state index is 0. The molecule has 0 aromatic heterocycles. The van der Waals surface area contributed by atoms with Crippen LogP contribution in [0.2, 0.25) is 0 Å². The summed E-state index contributed by atoms with van der Waals surface area (Å²) in [6.07, 6.45) is 0. The van der Waals surface area contributed by atoms with Gasteiger partial charge in [-0.2, -0.15) is 8.42 Å². The summed E-state index contributed by atoms with van der Waals surface area (Å²) >= 11 is 0. The van der Waals surface area contributed by atoms with Crippen molar-refractivity contribution < 1.29 is 57.0 Å². The second-order valence-corrected chi connectivity index (χ2v) is 3.14. The zero-order valence-electron chi connectivity index (χ0n) is 6.41. The maximum absolute atomic E-state index is 8.74. The smallest absolute Gasteiger partial charge is 1.00 e. The third-order valence-corrected chi connectivity index (χ3v) is 0. The maximum Gasteiger partial charge on any atom is 1.00 e. The molecule has 66 valence electrons. The van der Waals surface area contributed by atoms with Gasteiger partial charge in [-0.25, -0.2) is 0 Å². The van der Waals surface area contributed by atoms with E-state index in [2.05, 4.69) is 0 Å². The Morgan fingerprint density at radius 3 is 1.00 bits per heavy atom. The van der Waals surface area contributed by atoms with Crippen LogP contribution >= 0.6 is 0 Å². The normalized spacial score (nSPS) is 10.7. The van der Waals surface area contributed by atoms with Gasteiger partial charge < -0.3 is 20.6 Å². The standard InChI is InChI=1S/Li.H2O4S.H4O4Si.H/c;2*1-5(2,3)4;/h;(H2,1,2,3,4);1-4H;/q+1;;;-1. The van der Waals surface area contributed by atoms with Gasteiger partial charge in [0, 0.05) is 0 Å². The molecule has 0 unspecified atom stereocenters. The fraction of sp³-hybridized carbons (Fsp3) is 0. The van der Waals surface area contributed by atoms with E-state index in [9.17, 15) is 0 Å². The van der Waals surface area contributed by atoms with Crippen LogP contribution in [0.1, 0.15) is 1.43 Å². The van der Waals surface area contributed by atoms with Gasteiger partial charge in [0.15, 0.2) is 0 Å². The molecule has 0 atom stereocenters. The van der Waals surface area contributed by atoms with Crippen LogP contribution in [0, 0.1) is 0 Å². The fourth-order valence-electron chi connectivity index (χ4n) is 0. The molecule has 6 N–H and O–H groups in total. The summed E-state index contributed by atoms with van der Waals surface area (Å²) in [4.78, 5) is 29.3. The van der Waals surface area contributed by atoms with E-state index >= 15 is 0 Å². The summed E-state index contributed by atoms with van der Waals surface area (Å²) < 4.78 is 31.6. The first kappa shape index (κ1) is 17.6. The van der Waals surface area contributed by atoms with Crippen molar-refractivity contribution in [2.24, 2.45) is 0 Å². The van der Waals surface area contributed by atoms with Gasteiger partial charge in [0.05, 0.1) is 0 Å². The van der Waals surface area contributed by atoms with E-state index in [-0.39, 0.29) is 20.3 Å². The Bertz CT molecular complexity index is 154. The zero-order chi connectivity index (χ0) is 9.00. The molecule has 11 heavy (non-hydrogen) atoms. The number of hydrogen-bond acceptors (Lipinski definition) is 6. The predicted octanol–water partition coefficient (Wildman–Crippen LogP) is -6.15. The first-order valence-corrected chi connectivity index (χ1v) is 4.78. The summed E-state index contributed by atoms with van der Waals surface area (Å²) in [6.45, 7) is 0. The third-order valence-electron chi connectivity index (χ3n) is 0. The summed E-state index contributed by atoms with van der Waals surface area (Å²) in [5.74, 6) is 0. The Balaban J connectivity index is -0.0000000457. The van der Waals surface area contributed by atoms with Crippen LogP contribution < -0.4 is 18.9 Å². The van der Waals surface area contributed by atoms with Crippen molar-refractivity contribution in [2.45, 2.75) is 0 Å². The molecule has 0 amide bonds. The Kier molecular flexibility index (Phi) is 9.72. The van der Waals surface area contributed by atoms with E-state index in [1.807, 2.05) is 0 Å². The van der Waals surface area contributed by atoms with Crippen molar-refractivity contribution in [3.63, 3.8) is 0 Å². The Labute approximate surface area is 76.8 Å². The molecule has 0 aromatic carbocycles. The van der Waals surface area contributed by atoms with Crippen molar-refractivity contribution in [3.8, 4) is 0 Å². The molecule has 0 aliphatic rings. The monoisotopic (exact) mass is 202 g/mol. The van der Waals surface area contributed by atoms with Crippen LogP contribution in [0.25, 0.3) is 0 Å². The summed E-state index contributed by atoms with van der Waals surface area (Å²) in [7, 11) is -9.28. The topological polar surface area (TPSA) is 156 Å². The largest absolute Gasteiger partial charge is 1.00 e. The molecule has 0 heterocycles. The zero-order valence-corrected chi connectivity index (χ0v) is 7.22. The van der Waals surface area contributed by atoms with Crippen LogP contribution in [-0.2, 0) is 10.4 Å². The van der Waals surface area contributed by atoms with E-state index in [1.54, 1.807) is 0 Å². The van der Waals surface area contributed by atoms with Crippen LogP contribution in [0.4, 0.5) is 0 Å². The summed E-state index contributed by atoms with van der Waals surface area (Å²) in [6, 6.07) is 0. The SMILES string of the molecule is O=S(=O)(O)O.O[Si](O)(O)O.[H-].[Li+]. The minimum Gasteiger partial charge on any atom is -1.00 e. The van der Waals surface area contributed by atoms with Gasteiger partial charge in [0.2, 0.25) is 0 Å². The van der Waals surface area contributed by atoms with Gasteiger partial charge in [-0.3, -0.25) is 9.11 Å². The average Bonchev–Trinajstić information content (AvgIpc) is 1.12. The van der Waals surface area contributed by atoms with Gasteiger partial charge in [-0.15, -0.1) is 0 Å². The molecule has 0 saturated carbocycles. The summed E-state index contributed by atoms with van der Waals surface area (Å²) in [5.41, 5.74) is 0. The van der Waals surface area contributed by atoms with Crippen molar-refractivity contribution >= 4 is 19.4 Å². The Morgan fingerprint density at radius 1 is 1.00 bits per heavy atom. The van der Waals surface area contributed by atoms with E-state index in [0.717, 1.165) is 0 Å². The molecule has 0 aliphatic heterocycles. The quantitative estimate of drug-likeness (QED) is 0.167. The van der Waals surface area contributed by atoms with Crippen molar-refractivity contribution in [1.29, 1.82) is 0 Å². The molecule has 0 spiro atoms. The van der Waals surface area contributed by atoms with Gasteiger partial charge in [0.1, 0.15) is 0 Å². The van der Waals surface area contributed by atoms with Crippen LogP contribution in [0.3, 0.4) is 0 Å². The number of rotatable bonds is 0. The van der Waals surface area contributed by atoms with Crippen LogP contribution in [-0.4, -0.2) is 45.8 Å². The second kappa shape index (κ2) is 6.09. The molecule has 0 fully saturated rings. The molecule has 0 rings (SSSR count). The summed E-state index contributed by atoms with van der Waals surface area (Å²) in [5, 5.41) is 0. The second-order valence-electron chi connectivity index (χ2n) is 1.05. The molecular formula is H7LiO8SSi. The van der Waals surface area contributed by atoms with Crippen LogP contribution in [0.15, 0.2) is 0 Å². The maximum atomic E-state index is 8.74. The molecule has 0 aliphatic carbocycles. The predicted molar refractivity (Wildman–Crippen MR) is 29.9 cm³/mol. The molecule has 0 radical (unpaired) electrons. The molecule has 11 heteroatoms. The molecule has 0 bridgehead atoms. The van der Waals surface area contributed by atoms with Crippen LogP contribution in [0.5, 0.6) is 0 Å². The molecular weight excluding hydrogens is 195 g/mol. The Hall–Kier alpha value is 0.524. The molecule has 0 aromatic rings. The number of hydrogen-bond donors (Lipinski definition) is 6. The van der Waals surface area contributed by atoms with Crippen molar-refractivity contribution in [2.75, 3.05) is 0 Å². The van der Waals surface area contributed by atoms with E-state index in [4.69, 9.17) is 36.7 Å². The van der Waals surface area contributed by atoms with E-state index < -0.39 is 19.4 Å². The van der Waals surface area contributed by atoms with Crippen molar-refractivity contribution in [1.82, 2.24) is 0 Å². The average molecular weight is 202 g/mol. The van der Waals surface area contributed by atoms with Gasteiger partial charge in [-0.05, 0) is 0 Å². The first-order chi connectivity index (χ1) is 4.00. The van der Waals surface area contributed by atoms with Crippen molar-refractivity contribution in [3.05, 3.63) is 0 Å².